The lowest BCUT2D eigenvalue weighted by Crippen LogP contribution is -2.01. The number of hydrogen-bond donors (Lipinski definition) is 1. The molecular formula is C14H11BrN2S. The molecule has 0 unspecified atom stereocenters. The molecule has 2 nitrogen and oxygen atoms in total. The van der Waals surface area contributed by atoms with Crippen LogP contribution >= 0.6 is 27.3 Å². The van der Waals surface area contributed by atoms with Crippen LogP contribution in [-0.4, -0.2) is 4.98 Å². The Labute approximate surface area is 118 Å². The molecule has 0 aliphatic rings. The molecule has 18 heavy (non-hydrogen) atoms. The van der Waals surface area contributed by atoms with Crippen LogP contribution in [0.15, 0.2) is 52.4 Å². The summed E-state index contributed by atoms with van der Waals surface area (Å²) in [6.45, 7) is 0.731. The summed E-state index contributed by atoms with van der Waals surface area (Å²) in [5.41, 5.74) is 2.15. The molecule has 1 aromatic carbocycles. The van der Waals surface area contributed by atoms with E-state index in [0.717, 1.165) is 22.5 Å². The lowest BCUT2D eigenvalue weighted by molar-refractivity contribution is 1.03. The van der Waals surface area contributed by atoms with Crippen molar-refractivity contribution in [2.24, 2.45) is 0 Å². The van der Waals surface area contributed by atoms with Crippen molar-refractivity contribution in [2.45, 2.75) is 6.54 Å². The second kappa shape index (κ2) is 5.08. The highest BCUT2D eigenvalue weighted by molar-refractivity contribution is 9.10. The highest BCUT2D eigenvalue weighted by Gasteiger charge is 1.99. The average Bonchev–Trinajstić information content (AvgIpc) is 2.84. The number of nitrogens with zero attached hydrogens (tertiary/aromatic N) is 1. The van der Waals surface area contributed by atoms with E-state index in [1.54, 1.807) is 11.3 Å². The molecule has 2 aromatic heterocycles. The molecule has 90 valence electrons. The van der Waals surface area contributed by atoms with Crippen LogP contribution in [0.4, 0.5) is 5.69 Å². The number of benzene rings is 1. The Morgan fingerprint density at radius 2 is 2.11 bits per heavy atom. The summed E-state index contributed by atoms with van der Waals surface area (Å²) in [5.74, 6) is 0. The number of pyridine rings is 1. The lowest BCUT2D eigenvalue weighted by Gasteiger charge is -2.06. The SMILES string of the molecule is Brc1cccc(CNc2ccc3sccc3c2)n1. The summed E-state index contributed by atoms with van der Waals surface area (Å²) >= 11 is 5.14. The van der Waals surface area contributed by atoms with Gasteiger partial charge in [-0.05, 0) is 63.1 Å². The van der Waals surface area contributed by atoms with Gasteiger partial charge in [-0.25, -0.2) is 4.98 Å². The first-order chi connectivity index (χ1) is 8.81. The summed E-state index contributed by atoms with van der Waals surface area (Å²) in [6.07, 6.45) is 0. The van der Waals surface area contributed by atoms with Crippen molar-refractivity contribution in [3.05, 3.63) is 58.1 Å². The van der Waals surface area contributed by atoms with Crippen LogP contribution < -0.4 is 5.32 Å². The van der Waals surface area contributed by atoms with Crippen LogP contribution in [0.1, 0.15) is 5.69 Å². The van der Waals surface area contributed by atoms with Gasteiger partial charge in [0.1, 0.15) is 4.60 Å². The fraction of sp³-hybridized carbons (Fsp3) is 0.0714. The molecule has 0 amide bonds. The minimum Gasteiger partial charge on any atom is -0.379 e. The summed E-state index contributed by atoms with van der Waals surface area (Å²) in [7, 11) is 0. The average molecular weight is 319 g/mol. The van der Waals surface area contributed by atoms with Gasteiger partial charge >= 0.3 is 0 Å². The topological polar surface area (TPSA) is 24.9 Å². The third kappa shape index (κ3) is 2.54. The summed E-state index contributed by atoms with van der Waals surface area (Å²) < 4.78 is 2.19. The Balaban J connectivity index is 1.76. The largest absolute Gasteiger partial charge is 0.379 e. The maximum absolute atomic E-state index is 4.40. The Hall–Kier alpha value is -1.39. The molecule has 0 bridgehead atoms. The molecule has 0 spiro atoms. The van der Waals surface area contributed by atoms with Gasteiger partial charge in [0, 0.05) is 10.4 Å². The first-order valence-corrected chi connectivity index (χ1v) is 7.31. The first-order valence-electron chi connectivity index (χ1n) is 5.64. The van der Waals surface area contributed by atoms with Crippen molar-refractivity contribution in [1.29, 1.82) is 0 Å². The van der Waals surface area contributed by atoms with Crippen LogP contribution in [0.3, 0.4) is 0 Å². The molecule has 0 aliphatic heterocycles. The van der Waals surface area contributed by atoms with E-state index in [0.29, 0.717) is 0 Å². The second-order valence-electron chi connectivity index (χ2n) is 3.98. The van der Waals surface area contributed by atoms with Crippen molar-refractivity contribution < 1.29 is 0 Å². The number of hydrogen-bond acceptors (Lipinski definition) is 3. The normalized spacial score (nSPS) is 10.7. The maximum atomic E-state index is 4.40. The molecule has 3 rings (SSSR count). The Bertz CT molecular complexity index is 678. The number of fused-ring (bicyclic) bond motifs is 1. The smallest absolute Gasteiger partial charge is 0.106 e. The quantitative estimate of drug-likeness (QED) is 0.710. The Morgan fingerprint density at radius 1 is 1.17 bits per heavy atom. The van der Waals surface area contributed by atoms with Crippen LogP contribution in [-0.2, 0) is 6.54 Å². The number of halogens is 1. The first kappa shape index (κ1) is 11.7. The summed E-state index contributed by atoms with van der Waals surface area (Å²) in [6, 6.07) is 14.5. The van der Waals surface area contributed by atoms with E-state index < -0.39 is 0 Å². The Morgan fingerprint density at radius 3 is 3.00 bits per heavy atom. The van der Waals surface area contributed by atoms with Crippen molar-refractivity contribution in [1.82, 2.24) is 4.98 Å². The standard InChI is InChI=1S/C14H11BrN2S/c15-14-3-1-2-12(17-14)9-16-11-4-5-13-10(8-11)6-7-18-13/h1-8,16H,9H2. The van der Waals surface area contributed by atoms with E-state index in [1.807, 2.05) is 18.2 Å². The van der Waals surface area contributed by atoms with E-state index in [1.165, 1.54) is 10.1 Å². The second-order valence-corrected chi connectivity index (χ2v) is 5.74. The minimum absolute atomic E-state index is 0.731. The third-order valence-corrected chi connectivity index (χ3v) is 4.04. The van der Waals surface area contributed by atoms with E-state index in [4.69, 9.17) is 0 Å². The molecule has 4 heteroatoms. The van der Waals surface area contributed by atoms with Gasteiger partial charge in [-0.1, -0.05) is 6.07 Å². The zero-order valence-corrected chi connectivity index (χ0v) is 12.0. The molecule has 0 saturated heterocycles. The van der Waals surface area contributed by atoms with Gasteiger partial charge < -0.3 is 5.32 Å². The van der Waals surface area contributed by atoms with Crippen molar-refractivity contribution in [2.75, 3.05) is 5.32 Å². The van der Waals surface area contributed by atoms with Crippen LogP contribution in [0, 0.1) is 0 Å². The van der Waals surface area contributed by atoms with E-state index in [2.05, 4.69) is 55.9 Å². The fourth-order valence-corrected chi connectivity index (χ4v) is 2.97. The minimum atomic E-state index is 0.731. The monoisotopic (exact) mass is 318 g/mol. The van der Waals surface area contributed by atoms with Gasteiger partial charge in [-0.15, -0.1) is 11.3 Å². The zero-order chi connectivity index (χ0) is 12.4. The predicted molar refractivity (Wildman–Crippen MR) is 81.1 cm³/mol. The molecule has 0 atom stereocenters. The van der Waals surface area contributed by atoms with Gasteiger partial charge in [0.05, 0.1) is 12.2 Å². The lowest BCUT2D eigenvalue weighted by atomic mass is 10.2. The predicted octanol–water partition coefficient (Wildman–Crippen LogP) is 4.67. The van der Waals surface area contributed by atoms with Gasteiger partial charge in [0.25, 0.3) is 0 Å². The molecular weight excluding hydrogens is 308 g/mol. The maximum Gasteiger partial charge on any atom is 0.106 e. The van der Waals surface area contributed by atoms with Gasteiger partial charge in [-0.2, -0.15) is 0 Å². The van der Waals surface area contributed by atoms with Crippen LogP contribution in [0.25, 0.3) is 10.1 Å². The van der Waals surface area contributed by atoms with Crippen molar-refractivity contribution in [3.63, 3.8) is 0 Å². The number of nitrogens with one attached hydrogen (secondary N) is 1. The molecule has 0 radical (unpaired) electrons. The molecule has 2 heterocycles. The highest BCUT2D eigenvalue weighted by Crippen LogP contribution is 2.24. The molecule has 0 fully saturated rings. The number of rotatable bonds is 3. The number of anilines is 1. The molecule has 0 aliphatic carbocycles. The van der Waals surface area contributed by atoms with Crippen LogP contribution in [0.5, 0.6) is 0 Å². The molecule has 1 N–H and O–H groups in total. The Kier molecular flexibility index (Phi) is 3.30. The van der Waals surface area contributed by atoms with Crippen molar-refractivity contribution in [3.8, 4) is 0 Å². The third-order valence-electron chi connectivity index (χ3n) is 2.70. The zero-order valence-electron chi connectivity index (χ0n) is 9.56. The number of thiophene rings is 1. The van der Waals surface area contributed by atoms with E-state index in [-0.39, 0.29) is 0 Å². The highest BCUT2D eigenvalue weighted by atomic mass is 79.9. The van der Waals surface area contributed by atoms with Gasteiger partial charge in [-0.3, -0.25) is 0 Å². The molecule has 0 saturated carbocycles. The molecule has 3 aromatic rings. The summed E-state index contributed by atoms with van der Waals surface area (Å²) in [4.78, 5) is 4.40. The number of aromatic nitrogens is 1. The summed E-state index contributed by atoms with van der Waals surface area (Å²) in [5, 5.41) is 6.79. The fourth-order valence-electron chi connectivity index (χ4n) is 1.82. The van der Waals surface area contributed by atoms with Crippen LogP contribution in [0.2, 0.25) is 0 Å². The van der Waals surface area contributed by atoms with Gasteiger partial charge in [0.15, 0.2) is 0 Å². The van der Waals surface area contributed by atoms with Crippen molar-refractivity contribution >= 4 is 43.0 Å². The van der Waals surface area contributed by atoms with E-state index >= 15 is 0 Å². The van der Waals surface area contributed by atoms with E-state index in [9.17, 15) is 0 Å². The van der Waals surface area contributed by atoms with Gasteiger partial charge in [0.2, 0.25) is 0 Å².